The van der Waals surface area contributed by atoms with Gasteiger partial charge in [0.2, 0.25) is 6.29 Å². The van der Waals surface area contributed by atoms with E-state index in [0.29, 0.717) is 0 Å². The summed E-state index contributed by atoms with van der Waals surface area (Å²) in [5.41, 5.74) is 0. The fraction of sp³-hybridized carbons (Fsp3) is 0.600. The molecule has 0 aromatic carbocycles. The number of rotatable bonds is 0. The van der Waals surface area contributed by atoms with Gasteiger partial charge in [-0.3, -0.25) is 4.79 Å². The van der Waals surface area contributed by atoms with Crippen LogP contribution in [-0.4, -0.2) is 12.3 Å². The standard InChI is InChI=1S/C5H7O3/c1-4-7-3-2-5(6)8-4/h3-4H,2H2,1H3. The third-order valence-corrected chi connectivity index (χ3v) is 0.835. The molecule has 0 aromatic rings. The summed E-state index contributed by atoms with van der Waals surface area (Å²) in [5, 5.41) is 0. The van der Waals surface area contributed by atoms with Crippen molar-refractivity contribution in [3.8, 4) is 0 Å². The zero-order valence-electron chi connectivity index (χ0n) is 4.59. The van der Waals surface area contributed by atoms with Gasteiger partial charge in [-0.25, -0.2) is 0 Å². The molecule has 8 heavy (non-hydrogen) atoms. The van der Waals surface area contributed by atoms with Gasteiger partial charge in [0.1, 0.15) is 0 Å². The van der Waals surface area contributed by atoms with E-state index in [1.165, 1.54) is 6.61 Å². The molecule has 1 saturated heterocycles. The van der Waals surface area contributed by atoms with Crippen molar-refractivity contribution in [2.24, 2.45) is 0 Å². The molecule has 1 radical (unpaired) electrons. The molecule has 1 unspecified atom stereocenters. The van der Waals surface area contributed by atoms with Gasteiger partial charge >= 0.3 is 5.97 Å². The number of esters is 1. The molecule has 1 fully saturated rings. The number of hydrogen-bond acceptors (Lipinski definition) is 3. The van der Waals surface area contributed by atoms with E-state index in [4.69, 9.17) is 4.74 Å². The number of hydrogen-bond donors (Lipinski definition) is 0. The van der Waals surface area contributed by atoms with Crippen molar-refractivity contribution in [1.82, 2.24) is 0 Å². The van der Waals surface area contributed by atoms with Crippen molar-refractivity contribution < 1.29 is 14.3 Å². The molecular formula is C5H7O3. The Morgan fingerprint density at radius 3 is 3.00 bits per heavy atom. The highest BCUT2D eigenvalue weighted by molar-refractivity contribution is 5.70. The minimum Gasteiger partial charge on any atom is -0.436 e. The zero-order chi connectivity index (χ0) is 5.98. The van der Waals surface area contributed by atoms with Gasteiger partial charge < -0.3 is 9.47 Å². The van der Waals surface area contributed by atoms with Gasteiger partial charge in [0.05, 0.1) is 13.0 Å². The monoisotopic (exact) mass is 115 g/mol. The smallest absolute Gasteiger partial charge is 0.310 e. The topological polar surface area (TPSA) is 35.5 Å². The number of carbonyl (C=O) groups excluding carboxylic acids is 1. The first kappa shape index (κ1) is 5.56. The van der Waals surface area contributed by atoms with Crippen LogP contribution in [0.2, 0.25) is 0 Å². The van der Waals surface area contributed by atoms with Crippen LogP contribution in [0.1, 0.15) is 13.3 Å². The Labute approximate surface area is 47.6 Å². The van der Waals surface area contributed by atoms with Crippen LogP contribution in [-0.2, 0) is 14.3 Å². The SMILES string of the molecule is CC1O[CH]CC(=O)O1. The van der Waals surface area contributed by atoms with E-state index in [0.717, 1.165) is 0 Å². The van der Waals surface area contributed by atoms with E-state index in [9.17, 15) is 4.79 Å². The molecule has 1 aliphatic rings. The molecule has 3 heteroatoms. The van der Waals surface area contributed by atoms with E-state index in [1.54, 1.807) is 6.92 Å². The van der Waals surface area contributed by atoms with Crippen LogP contribution in [0.25, 0.3) is 0 Å². The Morgan fingerprint density at radius 2 is 2.62 bits per heavy atom. The Bertz CT molecular complexity index is 99.8. The minimum atomic E-state index is -0.392. The third kappa shape index (κ3) is 1.20. The maximum atomic E-state index is 10.3. The maximum absolute atomic E-state index is 10.3. The maximum Gasteiger partial charge on any atom is 0.310 e. The molecule has 1 rings (SSSR count). The van der Waals surface area contributed by atoms with Crippen LogP contribution in [0.4, 0.5) is 0 Å². The molecular weight excluding hydrogens is 108 g/mol. The van der Waals surface area contributed by atoms with Gasteiger partial charge in [-0.2, -0.15) is 0 Å². The average Bonchev–Trinajstić information content (AvgIpc) is 1.64. The highest BCUT2D eigenvalue weighted by atomic mass is 16.7. The van der Waals surface area contributed by atoms with Gasteiger partial charge in [0, 0.05) is 0 Å². The summed E-state index contributed by atoms with van der Waals surface area (Å²) in [6.07, 6.45) is -0.124. The Balaban J connectivity index is 2.34. The lowest BCUT2D eigenvalue weighted by atomic mass is 10.4. The van der Waals surface area contributed by atoms with E-state index >= 15 is 0 Å². The van der Waals surface area contributed by atoms with Crippen molar-refractivity contribution in [1.29, 1.82) is 0 Å². The molecule has 3 nitrogen and oxygen atoms in total. The van der Waals surface area contributed by atoms with Gasteiger partial charge in [0.25, 0.3) is 0 Å². The second-order valence-electron chi connectivity index (χ2n) is 1.56. The molecule has 1 heterocycles. The fourth-order valence-corrected chi connectivity index (χ4v) is 0.513. The molecule has 45 valence electrons. The lowest BCUT2D eigenvalue weighted by molar-refractivity contribution is -0.181. The molecule has 0 spiro atoms. The minimum absolute atomic E-state index is 0.219. The normalized spacial score (nSPS) is 29.6. The predicted octanol–water partition coefficient (Wildman–Crippen LogP) is 0.458. The molecule has 1 atom stereocenters. The molecule has 0 amide bonds. The van der Waals surface area contributed by atoms with Gasteiger partial charge in [-0.15, -0.1) is 0 Å². The average molecular weight is 115 g/mol. The van der Waals surface area contributed by atoms with Crippen LogP contribution in [0.5, 0.6) is 0 Å². The van der Waals surface area contributed by atoms with Crippen molar-refractivity contribution in [3.05, 3.63) is 6.61 Å². The van der Waals surface area contributed by atoms with E-state index in [-0.39, 0.29) is 12.4 Å². The summed E-state index contributed by atoms with van der Waals surface area (Å²) < 4.78 is 9.37. The molecule has 0 saturated carbocycles. The first-order valence-electron chi connectivity index (χ1n) is 2.45. The summed E-state index contributed by atoms with van der Waals surface area (Å²) in [6.45, 7) is 3.13. The van der Waals surface area contributed by atoms with E-state index < -0.39 is 6.29 Å². The molecule has 0 N–H and O–H groups in total. The first-order valence-corrected chi connectivity index (χ1v) is 2.45. The van der Waals surface area contributed by atoms with Crippen LogP contribution < -0.4 is 0 Å². The highest BCUT2D eigenvalue weighted by Crippen LogP contribution is 2.07. The van der Waals surface area contributed by atoms with Gasteiger partial charge in [-0.05, 0) is 6.92 Å². The van der Waals surface area contributed by atoms with E-state index in [2.05, 4.69) is 4.74 Å². The Morgan fingerprint density at radius 1 is 1.88 bits per heavy atom. The molecule has 0 aromatic heterocycles. The van der Waals surface area contributed by atoms with Crippen LogP contribution in [0, 0.1) is 6.61 Å². The summed E-state index contributed by atoms with van der Waals surface area (Å²) in [4.78, 5) is 10.3. The fourth-order valence-electron chi connectivity index (χ4n) is 0.513. The van der Waals surface area contributed by atoms with Crippen LogP contribution >= 0.6 is 0 Å². The van der Waals surface area contributed by atoms with Crippen molar-refractivity contribution >= 4 is 5.97 Å². The summed E-state index contributed by atoms with van der Waals surface area (Å²) in [6, 6.07) is 0. The lowest BCUT2D eigenvalue weighted by Crippen LogP contribution is -2.22. The number of cyclic esters (lactones) is 1. The predicted molar refractivity (Wildman–Crippen MR) is 25.6 cm³/mol. The third-order valence-electron chi connectivity index (χ3n) is 0.835. The largest absolute Gasteiger partial charge is 0.436 e. The van der Waals surface area contributed by atoms with Crippen LogP contribution in [0.3, 0.4) is 0 Å². The zero-order valence-corrected chi connectivity index (χ0v) is 4.59. The summed E-state index contributed by atoms with van der Waals surface area (Å²) >= 11 is 0. The highest BCUT2D eigenvalue weighted by Gasteiger charge is 2.15. The van der Waals surface area contributed by atoms with Crippen molar-refractivity contribution in [3.63, 3.8) is 0 Å². The van der Waals surface area contributed by atoms with Crippen molar-refractivity contribution in [2.45, 2.75) is 19.6 Å². The lowest BCUT2D eigenvalue weighted by Gasteiger charge is -2.17. The van der Waals surface area contributed by atoms with Crippen molar-refractivity contribution in [2.75, 3.05) is 0 Å². The molecule has 0 bridgehead atoms. The summed E-state index contributed by atoms with van der Waals surface area (Å²) in [5.74, 6) is -0.219. The van der Waals surface area contributed by atoms with E-state index in [1.807, 2.05) is 0 Å². The number of ether oxygens (including phenoxy) is 2. The van der Waals surface area contributed by atoms with Gasteiger partial charge in [-0.1, -0.05) is 0 Å². The second kappa shape index (κ2) is 2.13. The van der Waals surface area contributed by atoms with Gasteiger partial charge in [0.15, 0.2) is 0 Å². The first-order chi connectivity index (χ1) is 3.79. The molecule has 0 aliphatic carbocycles. The molecule has 1 aliphatic heterocycles. The Kier molecular flexibility index (Phi) is 1.48. The Hall–Kier alpha value is -0.570. The number of carbonyl (C=O) groups is 1. The summed E-state index contributed by atoms with van der Waals surface area (Å²) in [7, 11) is 0. The second-order valence-corrected chi connectivity index (χ2v) is 1.56. The van der Waals surface area contributed by atoms with Crippen LogP contribution in [0.15, 0.2) is 0 Å². The quantitative estimate of drug-likeness (QED) is 0.430.